The third kappa shape index (κ3) is 3.17. The maximum absolute atomic E-state index is 11.4. The van der Waals surface area contributed by atoms with Crippen LogP contribution in [0.4, 0.5) is 5.00 Å². The normalized spacial score (nSPS) is 9.60. The highest BCUT2D eigenvalue weighted by Crippen LogP contribution is 2.23. The molecule has 1 aromatic heterocycles. The van der Waals surface area contributed by atoms with Gasteiger partial charge in [0.25, 0.3) is 5.91 Å². The molecule has 1 amide bonds. The van der Waals surface area contributed by atoms with Crippen molar-refractivity contribution in [3.63, 3.8) is 0 Å². The lowest BCUT2D eigenvalue weighted by Gasteiger charge is -1.99. The first-order chi connectivity index (χ1) is 7.15. The van der Waals surface area contributed by atoms with Crippen LogP contribution in [0.1, 0.15) is 16.1 Å². The maximum Gasteiger partial charge on any atom is 0.324 e. The molecule has 1 N–H and O–H groups in total. The molecule has 0 spiro atoms. The van der Waals surface area contributed by atoms with Crippen LogP contribution in [-0.4, -0.2) is 17.4 Å². The number of amides is 1. The minimum absolute atomic E-state index is 0.0242. The van der Waals surface area contributed by atoms with Gasteiger partial charge in [-0.25, -0.2) is 0 Å². The third-order valence-electron chi connectivity index (χ3n) is 1.63. The van der Waals surface area contributed by atoms with Crippen molar-refractivity contribution in [3.8, 4) is 0 Å². The van der Waals surface area contributed by atoms with Gasteiger partial charge in [0.1, 0.15) is 0 Å². The van der Waals surface area contributed by atoms with E-state index in [-0.39, 0.29) is 10.9 Å². The van der Waals surface area contributed by atoms with Gasteiger partial charge in [-0.1, -0.05) is 17.4 Å². The van der Waals surface area contributed by atoms with Gasteiger partial charge in [-0.05, 0) is 12.5 Å². The molecule has 5 nitrogen and oxygen atoms in total. The second-order valence-corrected chi connectivity index (χ2v) is 3.79. The van der Waals surface area contributed by atoms with Crippen molar-refractivity contribution in [1.82, 2.24) is 5.32 Å². The highest BCUT2D eigenvalue weighted by atomic mass is 32.1. The van der Waals surface area contributed by atoms with E-state index >= 15 is 0 Å². The molecule has 0 radical (unpaired) electrons. The molecule has 1 rings (SSSR count). The lowest BCUT2D eigenvalue weighted by atomic mass is 10.4. The van der Waals surface area contributed by atoms with Gasteiger partial charge in [-0.15, -0.1) is 6.58 Å². The fourth-order valence-corrected chi connectivity index (χ4v) is 1.66. The summed E-state index contributed by atoms with van der Waals surface area (Å²) in [5, 5.41) is 13.0. The molecule has 0 atom stereocenters. The topological polar surface area (TPSA) is 72.2 Å². The fraction of sp³-hybridized carbons (Fsp3) is 0.222. The van der Waals surface area contributed by atoms with E-state index in [2.05, 4.69) is 11.9 Å². The number of rotatable bonds is 5. The molecule has 0 unspecified atom stereocenters. The summed E-state index contributed by atoms with van der Waals surface area (Å²) >= 11 is 0.870. The standard InChI is InChI=1S/C9H10N2O3S/c1-2-3-6-10-9(12)7-4-5-8(15-7)11(13)14/h2,4-5H,1,3,6H2,(H,10,12). The maximum atomic E-state index is 11.4. The monoisotopic (exact) mass is 226 g/mol. The molecule has 0 saturated heterocycles. The molecular weight excluding hydrogens is 216 g/mol. The molecule has 0 aliphatic carbocycles. The number of nitrogens with zero attached hydrogens (tertiary/aromatic N) is 1. The van der Waals surface area contributed by atoms with Gasteiger partial charge in [-0.3, -0.25) is 14.9 Å². The molecular formula is C9H10N2O3S. The van der Waals surface area contributed by atoms with Gasteiger partial charge in [0, 0.05) is 12.6 Å². The Morgan fingerprint density at radius 1 is 1.67 bits per heavy atom. The first kappa shape index (κ1) is 11.4. The molecule has 0 aliphatic rings. The Bertz CT molecular complexity index is 386. The van der Waals surface area contributed by atoms with Crippen LogP contribution in [0, 0.1) is 10.1 Å². The van der Waals surface area contributed by atoms with Crippen molar-refractivity contribution in [1.29, 1.82) is 0 Å². The molecule has 0 fully saturated rings. The SMILES string of the molecule is C=CCCNC(=O)c1ccc([N+](=O)[O-])s1. The number of thiophene rings is 1. The summed E-state index contributed by atoms with van der Waals surface area (Å²) in [6.07, 6.45) is 2.37. The molecule has 0 bridgehead atoms. The third-order valence-corrected chi connectivity index (χ3v) is 2.67. The van der Waals surface area contributed by atoms with Crippen LogP contribution >= 0.6 is 11.3 Å². The van der Waals surface area contributed by atoms with Gasteiger partial charge in [0.2, 0.25) is 0 Å². The van der Waals surface area contributed by atoms with E-state index in [0.29, 0.717) is 17.8 Å². The number of nitrogens with one attached hydrogen (secondary N) is 1. The Labute approximate surface area is 90.6 Å². The van der Waals surface area contributed by atoms with E-state index < -0.39 is 4.92 Å². The first-order valence-corrected chi connectivity index (χ1v) is 5.10. The quantitative estimate of drug-likeness (QED) is 0.361. The Morgan fingerprint density at radius 3 is 2.93 bits per heavy atom. The molecule has 1 aromatic rings. The second-order valence-electron chi connectivity index (χ2n) is 2.73. The number of carbonyl (C=O) groups excluding carboxylic acids is 1. The van der Waals surface area contributed by atoms with Crippen LogP contribution in [0.15, 0.2) is 24.8 Å². The fourth-order valence-electron chi connectivity index (χ4n) is 0.923. The number of nitro groups is 1. The summed E-state index contributed by atoms with van der Waals surface area (Å²) < 4.78 is 0. The van der Waals surface area contributed by atoms with Gasteiger partial charge in [-0.2, -0.15) is 0 Å². The highest BCUT2D eigenvalue weighted by Gasteiger charge is 2.14. The van der Waals surface area contributed by atoms with Crippen LogP contribution in [0.2, 0.25) is 0 Å². The van der Waals surface area contributed by atoms with Gasteiger partial charge >= 0.3 is 5.00 Å². The van der Waals surface area contributed by atoms with E-state index in [1.165, 1.54) is 12.1 Å². The summed E-state index contributed by atoms with van der Waals surface area (Å²) in [4.78, 5) is 21.6. The van der Waals surface area contributed by atoms with Gasteiger partial charge < -0.3 is 5.32 Å². The Kier molecular flexibility index (Phi) is 3.99. The van der Waals surface area contributed by atoms with Crippen LogP contribution < -0.4 is 5.32 Å². The molecule has 0 aromatic carbocycles. The lowest BCUT2D eigenvalue weighted by Crippen LogP contribution is -2.22. The van der Waals surface area contributed by atoms with Gasteiger partial charge in [0.05, 0.1) is 9.80 Å². The van der Waals surface area contributed by atoms with Crippen LogP contribution in [0.5, 0.6) is 0 Å². The zero-order valence-electron chi connectivity index (χ0n) is 7.93. The average Bonchev–Trinajstić information content (AvgIpc) is 2.66. The van der Waals surface area contributed by atoms with Crippen molar-refractivity contribution in [2.45, 2.75) is 6.42 Å². The zero-order chi connectivity index (χ0) is 11.3. The minimum atomic E-state index is -0.509. The van der Waals surface area contributed by atoms with E-state index in [9.17, 15) is 14.9 Å². The van der Waals surface area contributed by atoms with E-state index in [4.69, 9.17) is 0 Å². The van der Waals surface area contributed by atoms with Crippen molar-refractivity contribution in [3.05, 3.63) is 39.8 Å². The zero-order valence-corrected chi connectivity index (χ0v) is 8.75. The Balaban J connectivity index is 2.58. The Hall–Kier alpha value is -1.69. The van der Waals surface area contributed by atoms with Crippen molar-refractivity contribution in [2.24, 2.45) is 0 Å². The van der Waals surface area contributed by atoms with E-state index in [1.54, 1.807) is 6.08 Å². The molecule has 1 heterocycles. The number of hydrogen-bond donors (Lipinski definition) is 1. The van der Waals surface area contributed by atoms with Crippen molar-refractivity contribution in [2.75, 3.05) is 6.54 Å². The average molecular weight is 226 g/mol. The highest BCUT2D eigenvalue weighted by molar-refractivity contribution is 7.17. The molecule has 0 saturated carbocycles. The van der Waals surface area contributed by atoms with Crippen molar-refractivity contribution >= 4 is 22.2 Å². The number of carbonyl (C=O) groups is 1. The first-order valence-electron chi connectivity index (χ1n) is 4.28. The van der Waals surface area contributed by atoms with Gasteiger partial charge in [0.15, 0.2) is 0 Å². The van der Waals surface area contributed by atoms with E-state index in [0.717, 1.165) is 11.3 Å². The molecule has 6 heteroatoms. The molecule has 15 heavy (non-hydrogen) atoms. The van der Waals surface area contributed by atoms with Crippen LogP contribution in [0.25, 0.3) is 0 Å². The summed E-state index contributed by atoms with van der Waals surface area (Å²) in [5.41, 5.74) is 0. The van der Waals surface area contributed by atoms with Crippen molar-refractivity contribution < 1.29 is 9.72 Å². The van der Waals surface area contributed by atoms with Crippen LogP contribution in [0.3, 0.4) is 0 Å². The summed E-state index contributed by atoms with van der Waals surface area (Å²) in [6.45, 7) is 4.01. The molecule has 0 aliphatic heterocycles. The summed E-state index contributed by atoms with van der Waals surface area (Å²) in [6, 6.07) is 2.78. The predicted molar refractivity (Wildman–Crippen MR) is 58.1 cm³/mol. The summed E-state index contributed by atoms with van der Waals surface area (Å²) in [7, 11) is 0. The lowest BCUT2D eigenvalue weighted by molar-refractivity contribution is -0.380. The number of hydrogen-bond acceptors (Lipinski definition) is 4. The molecule has 80 valence electrons. The second kappa shape index (κ2) is 5.26. The summed E-state index contributed by atoms with van der Waals surface area (Å²) in [5.74, 6) is -0.282. The van der Waals surface area contributed by atoms with E-state index in [1.807, 2.05) is 0 Å². The smallest absolute Gasteiger partial charge is 0.324 e. The predicted octanol–water partition coefficient (Wildman–Crippen LogP) is 1.96. The largest absolute Gasteiger partial charge is 0.351 e. The minimum Gasteiger partial charge on any atom is -0.351 e. The Morgan fingerprint density at radius 2 is 2.40 bits per heavy atom. The van der Waals surface area contributed by atoms with Crippen LogP contribution in [-0.2, 0) is 0 Å².